The SMILES string of the molecule is CCCC(C)c1nc2cc(Cl)c(Cl)cc2n1CC(=O)O. The average Bonchev–Trinajstić information content (AvgIpc) is 2.68. The summed E-state index contributed by atoms with van der Waals surface area (Å²) in [6.45, 7) is 4.01. The van der Waals surface area contributed by atoms with Crippen molar-refractivity contribution in [3.05, 3.63) is 28.0 Å². The van der Waals surface area contributed by atoms with E-state index in [1.165, 1.54) is 0 Å². The first-order valence-corrected chi connectivity index (χ1v) is 7.26. The number of hydrogen-bond acceptors (Lipinski definition) is 2. The van der Waals surface area contributed by atoms with Crippen LogP contribution in [0.25, 0.3) is 11.0 Å². The van der Waals surface area contributed by atoms with Crippen LogP contribution in [0.5, 0.6) is 0 Å². The molecular weight excluding hydrogens is 299 g/mol. The Balaban J connectivity index is 2.63. The van der Waals surface area contributed by atoms with E-state index >= 15 is 0 Å². The molecule has 0 amide bonds. The van der Waals surface area contributed by atoms with Gasteiger partial charge in [0.1, 0.15) is 12.4 Å². The summed E-state index contributed by atoms with van der Waals surface area (Å²) < 4.78 is 1.71. The Morgan fingerprint density at radius 3 is 2.65 bits per heavy atom. The van der Waals surface area contributed by atoms with Gasteiger partial charge < -0.3 is 9.67 Å². The first kappa shape index (κ1) is 15.1. The molecule has 1 unspecified atom stereocenters. The van der Waals surface area contributed by atoms with Crippen molar-refractivity contribution in [2.75, 3.05) is 0 Å². The molecule has 1 heterocycles. The molecule has 108 valence electrons. The zero-order valence-corrected chi connectivity index (χ0v) is 12.9. The van der Waals surface area contributed by atoms with Crippen molar-refractivity contribution in [1.82, 2.24) is 9.55 Å². The number of hydrogen-bond donors (Lipinski definition) is 1. The highest BCUT2D eigenvalue weighted by Gasteiger charge is 2.19. The second-order valence-electron chi connectivity index (χ2n) is 4.89. The second-order valence-corrected chi connectivity index (χ2v) is 5.71. The molecule has 0 saturated carbocycles. The lowest BCUT2D eigenvalue weighted by atomic mass is 10.1. The Morgan fingerprint density at radius 2 is 2.05 bits per heavy atom. The van der Waals surface area contributed by atoms with Crippen LogP contribution in [0.1, 0.15) is 38.4 Å². The zero-order chi connectivity index (χ0) is 14.9. The number of halogens is 2. The molecule has 20 heavy (non-hydrogen) atoms. The fraction of sp³-hybridized carbons (Fsp3) is 0.429. The van der Waals surface area contributed by atoms with Crippen molar-refractivity contribution in [2.24, 2.45) is 0 Å². The molecule has 0 aliphatic heterocycles. The Hall–Kier alpha value is -1.26. The Morgan fingerprint density at radius 1 is 1.40 bits per heavy atom. The fourth-order valence-corrected chi connectivity index (χ4v) is 2.69. The summed E-state index contributed by atoms with van der Waals surface area (Å²) >= 11 is 12.0. The topological polar surface area (TPSA) is 55.1 Å². The van der Waals surface area contributed by atoms with Gasteiger partial charge in [-0.05, 0) is 18.6 Å². The number of carboxylic acids is 1. The molecule has 2 rings (SSSR count). The minimum atomic E-state index is -0.902. The lowest BCUT2D eigenvalue weighted by Crippen LogP contribution is -2.13. The number of imidazole rings is 1. The summed E-state index contributed by atoms with van der Waals surface area (Å²) in [4.78, 5) is 15.6. The quantitative estimate of drug-likeness (QED) is 0.893. The van der Waals surface area contributed by atoms with E-state index in [9.17, 15) is 4.79 Å². The summed E-state index contributed by atoms with van der Waals surface area (Å²) in [5, 5.41) is 9.93. The molecule has 0 aliphatic rings. The summed E-state index contributed by atoms with van der Waals surface area (Å²) in [7, 11) is 0. The van der Waals surface area contributed by atoms with Crippen LogP contribution in [0, 0.1) is 0 Å². The van der Waals surface area contributed by atoms with E-state index in [-0.39, 0.29) is 12.5 Å². The number of fused-ring (bicyclic) bond motifs is 1. The van der Waals surface area contributed by atoms with Crippen LogP contribution in [0.15, 0.2) is 12.1 Å². The van der Waals surface area contributed by atoms with E-state index in [1.807, 2.05) is 6.92 Å². The van der Waals surface area contributed by atoms with Crippen molar-refractivity contribution >= 4 is 40.2 Å². The number of carboxylic acid groups (broad SMARTS) is 1. The van der Waals surface area contributed by atoms with Crippen LogP contribution < -0.4 is 0 Å². The predicted octanol–water partition coefficient (Wildman–Crippen LogP) is 4.33. The van der Waals surface area contributed by atoms with Gasteiger partial charge in [-0.25, -0.2) is 4.98 Å². The summed E-state index contributed by atoms with van der Waals surface area (Å²) in [5.41, 5.74) is 1.39. The van der Waals surface area contributed by atoms with Crippen LogP contribution in [-0.2, 0) is 11.3 Å². The van der Waals surface area contributed by atoms with E-state index in [4.69, 9.17) is 28.3 Å². The minimum Gasteiger partial charge on any atom is -0.480 e. The molecule has 0 bridgehead atoms. The van der Waals surface area contributed by atoms with Gasteiger partial charge in [0, 0.05) is 5.92 Å². The average molecular weight is 315 g/mol. The van der Waals surface area contributed by atoms with Gasteiger partial charge in [-0.15, -0.1) is 0 Å². The molecule has 1 aromatic carbocycles. The van der Waals surface area contributed by atoms with Gasteiger partial charge in [-0.3, -0.25) is 4.79 Å². The molecule has 1 N–H and O–H groups in total. The summed E-state index contributed by atoms with van der Waals surface area (Å²) in [6.07, 6.45) is 1.96. The molecule has 6 heteroatoms. The van der Waals surface area contributed by atoms with Gasteiger partial charge in [-0.1, -0.05) is 43.5 Å². The number of benzene rings is 1. The number of carbonyl (C=O) groups is 1. The third-order valence-corrected chi connectivity index (χ3v) is 4.00. The van der Waals surface area contributed by atoms with Crippen LogP contribution in [-0.4, -0.2) is 20.6 Å². The maximum atomic E-state index is 11.1. The molecule has 0 aliphatic carbocycles. The largest absolute Gasteiger partial charge is 0.480 e. The van der Waals surface area contributed by atoms with Crippen molar-refractivity contribution in [1.29, 1.82) is 0 Å². The molecule has 0 radical (unpaired) electrons. The van der Waals surface area contributed by atoms with Crippen molar-refractivity contribution in [2.45, 2.75) is 39.2 Å². The van der Waals surface area contributed by atoms with Crippen LogP contribution in [0.3, 0.4) is 0 Å². The lowest BCUT2D eigenvalue weighted by molar-refractivity contribution is -0.137. The van der Waals surface area contributed by atoms with Crippen LogP contribution in [0.2, 0.25) is 10.0 Å². The van der Waals surface area contributed by atoms with E-state index in [0.717, 1.165) is 18.7 Å². The number of rotatable bonds is 5. The first-order valence-electron chi connectivity index (χ1n) is 6.51. The Labute approximate surface area is 127 Å². The maximum Gasteiger partial charge on any atom is 0.323 e. The Bertz CT molecular complexity index is 652. The van der Waals surface area contributed by atoms with Crippen LogP contribution in [0.4, 0.5) is 0 Å². The lowest BCUT2D eigenvalue weighted by Gasteiger charge is -2.12. The zero-order valence-electron chi connectivity index (χ0n) is 11.4. The van der Waals surface area contributed by atoms with Crippen molar-refractivity contribution in [3.8, 4) is 0 Å². The van der Waals surface area contributed by atoms with Gasteiger partial charge in [0.05, 0.1) is 21.1 Å². The standard InChI is InChI=1S/C14H16Cl2N2O2/c1-3-4-8(2)14-17-11-5-9(15)10(16)6-12(11)18(14)7-13(19)20/h5-6,8H,3-4,7H2,1-2H3,(H,19,20). The highest BCUT2D eigenvalue weighted by molar-refractivity contribution is 6.42. The fourth-order valence-electron chi connectivity index (χ4n) is 2.38. The number of aliphatic carboxylic acids is 1. The smallest absolute Gasteiger partial charge is 0.323 e. The molecule has 1 atom stereocenters. The highest BCUT2D eigenvalue weighted by Crippen LogP contribution is 2.31. The molecule has 2 aromatic rings. The molecule has 0 fully saturated rings. The van der Waals surface area contributed by atoms with Gasteiger partial charge in [0.15, 0.2) is 0 Å². The molecule has 1 aromatic heterocycles. The molecule has 0 saturated heterocycles. The number of nitrogens with zero attached hydrogens (tertiary/aromatic N) is 2. The van der Waals surface area contributed by atoms with Crippen molar-refractivity contribution in [3.63, 3.8) is 0 Å². The minimum absolute atomic E-state index is 0.127. The van der Waals surface area contributed by atoms with Gasteiger partial charge in [0.25, 0.3) is 0 Å². The van der Waals surface area contributed by atoms with Gasteiger partial charge in [-0.2, -0.15) is 0 Å². The third kappa shape index (κ3) is 2.91. The summed E-state index contributed by atoms with van der Waals surface area (Å²) in [6, 6.07) is 3.36. The van der Waals surface area contributed by atoms with Crippen LogP contribution >= 0.6 is 23.2 Å². The molecular formula is C14H16Cl2N2O2. The van der Waals surface area contributed by atoms with E-state index in [0.29, 0.717) is 21.1 Å². The monoisotopic (exact) mass is 314 g/mol. The summed E-state index contributed by atoms with van der Waals surface area (Å²) in [5.74, 6) is 0.0483. The van der Waals surface area contributed by atoms with Crippen molar-refractivity contribution < 1.29 is 9.90 Å². The number of aromatic nitrogens is 2. The van der Waals surface area contributed by atoms with E-state index in [2.05, 4.69) is 11.9 Å². The Kier molecular flexibility index (Phi) is 4.55. The second kappa shape index (κ2) is 6.02. The normalized spacial score (nSPS) is 12.8. The maximum absolute atomic E-state index is 11.1. The first-order chi connectivity index (χ1) is 9.43. The van der Waals surface area contributed by atoms with E-state index < -0.39 is 5.97 Å². The third-order valence-electron chi connectivity index (χ3n) is 3.28. The molecule has 4 nitrogen and oxygen atoms in total. The predicted molar refractivity (Wildman–Crippen MR) is 80.7 cm³/mol. The highest BCUT2D eigenvalue weighted by atomic mass is 35.5. The molecule has 0 spiro atoms. The van der Waals surface area contributed by atoms with E-state index in [1.54, 1.807) is 16.7 Å². The van der Waals surface area contributed by atoms with Gasteiger partial charge >= 0.3 is 5.97 Å². The van der Waals surface area contributed by atoms with Gasteiger partial charge in [0.2, 0.25) is 0 Å².